The fraction of sp³-hybridized carbons (Fsp3) is 0.700. The minimum atomic E-state index is -0.432. The highest BCUT2D eigenvalue weighted by molar-refractivity contribution is 5.76. The van der Waals surface area contributed by atoms with Gasteiger partial charge in [-0.2, -0.15) is 0 Å². The van der Waals surface area contributed by atoms with Gasteiger partial charge in [0.25, 0.3) is 0 Å². The Morgan fingerprint density at radius 3 is 3.14 bits per heavy atom. The van der Waals surface area contributed by atoms with E-state index in [4.69, 9.17) is 11.2 Å². The molecule has 0 aromatic carbocycles. The molecule has 0 aromatic rings. The summed E-state index contributed by atoms with van der Waals surface area (Å²) in [5, 5.41) is 2.93. The van der Waals surface area contributed by atoms with E-state index in [1.807, 2.05) is 0 Å². The number of hydrogen-bond donors (Lipinski definition) is 1. The van der Waals surface area contributed by atoms with Gasteiger partial charge in [0.2, 0.25) is 0 Å². The second kappa shape index (κ2) is 5.63. The van der Waals surface area contributed by atoms with E-state index < -0.39 is 6.04 Å². The van der Waals surface area contributed by atoms with Crippen LogP contribution in [0.25, 0.3) is 0 Å². The van der Waals surface area contributed by atoms with E-state index in [9.17, 15) is 4.79 Å². The number of terminal acetylenes is 1. The maximum absolute atomic E-state index is 11.4. The largest absolute Gasteiger partial charge is 0.468 e. The van der Waals surface area contributed by atoms with E-state index in [1.54, 1.807) is 0 Å². The van der Waals surface area contributed by atoms with Gasteiger partial charge in [-0.3, -0.25) is 10.1 Å². The number of carbonyl (C=O) groups is 1. The Morgan fingerprint density at radius 2 is 2.64 bits per heavy atom. The maximum atomic E-state index is 11.4. The summed E-state index contributed by atoms with van der Waals surface area (Å²) in [5.74, 6) is 2.11. The molecule has 1 N–H and O–H groups in total. The van der Waals surface area contributed by atoms with Crippen LogP contribution in [0, 0.1) is 12.3 Å². The van der Waals surface area contributed by atoms with Crippen LogP contribution >= 0.6 is 0 Å². The molecule has 1 saturated heterocycles. The molecule has 2 atom stereocenters. The molecule has 0 aromatic heterocycles. The number of methoxy groups -OCH3 is 1. The van der Waals surface area contributed by atoms with Crippen LogP contribution in [0.1, 0.15) is 12.8 Å². The molecular weight excluding hydrogens is 182 g/mol. The second-order valence-electron chi connectivity index (χ2n) is 3.14. The van der Waals surface area contributed by atoms with E-state index in [0.717, 1.165) is 12.8 Å². The molecule has 1 aliphatic heterocycles. The van der Waals surface area contributed by atoms with Crippen LogP contribution in [-0.4, -0.2) is 38.4 Å². The van der Waals surface area contributed by atoms with Crippen molar-refractivity contribution in [2.45, 2.75) is 25.0 Å². The molecule has 4 nitrogen and oxygen atoms in total. The molecule has 2 unspecified atom stereocenters. The predicted molar refractivity (Wildman–Crippen MR) is 51.6 cm³/mol. The van der Waals surface area contributed by atoms with Gasteiger partial charge < -0.3 is 9.47 Å². The number of rotatable bonds is 4. The summed E-state index contributed by atoms with van der Waals surface area (Å²) in [7, 11) is 1.36. The Bertz CT molecular complexity index is 228. The molecule has 1 rings (SSSR count). The summed E-state index contributed by atoms with van der Waals surface area (Å²) in [4.78, 5) is 11.4. The molecule has 0 saturated carbocycles. The van der Waals surface area contributed by atoms with Crippen molar-refractivity contribution < 1.29 is 14.3 Å². The van der Waals surface area contributed by atoms with Gasteiger partial charge in [-0.25, -0.2) is 0 Å². The molecule has 1 aliphatic rings. The third-order valence-electron chi connectivity index (χ3n) is 2.22. The lowest BCUT2D eigenvalue weighted by Crippen LogP contribution is -2.46. The van der Waals surface area contributed by atoms with Gasteiger partial charge in [0, 0.05) is 6.61 Å². The van der Waals surface area contributed by atoms with E-state index in [-0.39, 0.29) is 12.1 Å². The van der Waals surface area contributed by atoms with Crippen molar-refractivity contribution >= 4 is 5.97 Å². The molecule has 0 aliphatic carbocycles. The van der Waals surface area contributed by atoms with Crippen molar-refractivity contribution in [3.05, 3.63) is 0 Å². The average Bonchev–Trinajstić information content (AvgIpc) is 2.71. The van der Waals surface area contributed by atoms with E-state index in [1.165, 1.54) is 7.11 Å². The Kier molecular flexibility index (Phi) is 4.44. The molecule has 0 amide bonds. The molecule has 0 spiro atoms. The second-order valence-corrected chi connectivity index (χ2v) is 3.14. The lowest BCUT2D eigenvalue weighted by Gasteiger charge is -2.20. The molecule has 1 heterocycles. The van der Waals surface area contributed by atoms with Crippen LogP contribution in [0.5, 0.6) is 0 Å². The van der Waals surface area contributed by atoms with Gasteiger partial charge in [0.15, 0.2) is 0 Å². The lowest BCUT2D eigenvalue weighted by atomic mass is 10.1. The third kappa shape index (κ3) is 2.72. The standard InChI is InChI=1S/C10H15NO3/c1-3-6-11-9(10(12)13-2)8-5-4-7-14-8/h1,8-9,11H,4-7H2,2H3. The SMILES string of the molecule is C#CCNC(C(=O)OC)C1CCCO1. The quantitative estimate of drug-likeness (QED) is 0.506. The highest BCUT2D eigenvalue weighted by Crippen LogP contribution is 2.16. The Hall–Kier alpha value is -1.05. The summed E-state index contributed by atoms with van der Waals surface area (Å²) in [5.41, 5.74) is 0. The van der Waals surface area contributed by atoms with Crippen LogP contribution in [0.3, 0.4) is 0 Å². The zero-order chi connectivity index (χ0) is 10.4. The van der Waals surface area contributed by atoms with Crippen molar-refractivity contribution in [3.8, 4) is 12.3 Å². The number of ether oxygens (including phenoxy) is 2. The number of nitrogens with one attached hydrogen (secondary N) is 1. The molecule has 0 radical (unpaired) electrons. The summed E-state index contributed by atoms with van der Waals surface area (Å²) in [6, 6.07) is -0.432. The lowest BCUT2D eigenvalue weighted by molar-refractivity contribution is -0.146. The Morgan fingerprint density at radius 1 is 1.86 bits per heavy atom. The van der Waals surface area contributed by atoms with Gasteiger partial charge >= 0.3 is 5.97 Å². The zero-order valence-electron chi connectivity index (χ0n) is 8.29. The first-order valence-electron chi connectivity index (χ1n) is 4.66. The topological polar surface area (TPSA) is 47.6 Å². The van der Waals surface area contributed by atoms with Gasteiger partial charge in [-0.15, -0.1) is 6.42 Å². The molecule has 4 heteroatoms. The molecule has 0 bridgehead atoms. The first kappa shape index (κ1) is 11.0. The maximum Gasteiger partial charge on any atom is 0.325 e. The Balaban J connectivity index is 2.51. The van der Waals surface area contributed by atoms with Crippen molar-refractivity contribution in [1.29, 1.82) is 0 Å². The normalized spacial score (nSPS) is 22.7. The van der Waals surface area contributed by atoms with Crippen molar-refractivity contribution in [1.82, 2.24) is 5.32 Å². The summed E-state index contributed by atoms with van der Waals surface area (Å²) in [6.07, 6.45) is 6.86. The fourth-order valence-electron chi connectivity index (χ4n) is 1.53. The predicted octanol–water partition coefficient (Wildman–Crippen LogP) is -0.0702. The summed E-state index contributed by atoms with van der Waals surface area (Å²) < 4.78 is 10.1. The fourth-order valence-corrected chi connectivity index (χ4v) is 1.53. The average molecular weight is 197 g/mol. The Labute approximate surface area is 84.0 Å². The third-order valence-corrected chi connectivity index (χ3v) is 2.22. The van der Waals surface area contributed by atoms with Crippen LogP contribution in [-0.2, 0) is 14.3 Å². The number of carbonyl (C=O) groups excluding carboxylic acids is 1. The van der Waals surface area contributed by atoms with Crippen molar-refractivity contribution in [3.63, 3.8) is 0 Å². The monoisotopic (exact) mass is 197 g/mol. The van der Waals surface area contributed by atoms with Crippen LogP contribution in [0.4, 0.5) is 0 Å². The summed E-state index contributed by atoms with van der Waals surface area (Å²) in [6.45, 7) is 1.05. The van der Waals surface area contributed by atoms with Gasteiger partial charge in [-0.05, 0) is 12.8 Å². The zero-order valence-corrected chi connectivity index (χ0v) is 8.29. The van der Waals surface area contributed by atoms with Crippen molar-refractivity contribution in [2.75, 3.05) is 20.3 Å². The van der Waals surface area contributed by atoms with Crippen LogP contribution < -0.4 is 5.32 Å². The summed E-state index contributed by atoms with van der Waals surface area (Å²) >= 11 is 0. The number of esters is 1. The number of hydrogen-bond acceptors (Lipinski definition) is 4. The highest BCUT2D eigenvalue weighted by Gasteiger charge is 2.31. The first-order chi connectivity index (χ1) is 6.79. The molecule has 14 heavy (non-hydrogen) atoms. The van der Waals surface area contributed by atoms with Crippen LogP contribution in [0.2, 0.25) is 0 Å². The highest BCUT2D eigenvalue weighted by atomic mass is 16.5. The minimum absolute atomic E-state index is 0.101. The van der Waals surface area contributed by atoms with Gasteiger partial charge in [-0.1, -0.05) is 5.92 Å². The van der Waals surface area contributed by atoms with E-state index in [0.29, 0.717) is 13.2 Å². The van der Waals surface area contributed by atoms with E-state index >= 15 is 0 Å². The molecule has 1 fully saturated rings. The first-order valence-corrected chi connectivity index (χ1v) is 4.66. The molecular formula is C10H15NO3. The van der Waals surface area contributed by atoms with E-state index in [2.05, 4.69) is 16.0 Å². The smallest absolute Gasteiger partial charge is 0.325 e. The van der Waals surface area contributed by atoms with Gasteiger partial charge in [0.1, 0.15) is 6.04 Å². The minimum Gasteiger partial charge on any atom is -0.468 e. The van der Waals surface area contributed by atoms with Crippen molar-refractivity contribution in [2.24, 2.45) is 0 Å². The van der Waals surface area contributed by atoms with Gasteiger partial charge in [0.05, 0.1) is 19.8 Å². The molecule has 78 valence electrons. The van der Waals surface area contributed by atoms with Crippen LogP contribution in [0.15, 0.2) is 0 Å².